The molecule has 0 radical (unpaired) electrons. The minimum atomic E-state index is -1.10. The maximum Gasteiger partial charge on any atom is 0.305 e. The van der Waals surface area contributed by atoms with Gasteiger partial charge in [-0.2, -0.15) is 10.1 Å². The Morgan fingerprint density at radius 2 is 1.73 bits per heavy atom. The second-order valence-corrected chi connectivity index (χ2v) is 8.48. The Labute approximate surface area is 193 Å². The Morgan fingerprint density at radius 3 is 2.36 bits per heavy atom. The van der Waals surface area contributed by atoms with E-state index in [1.54, 1.807) is 18.7 Å². The van der Waals surface area contributed by atoms with E-state index in [0.717, 1.165) is 22.3 Å². The smallest absolute Gasteiger partial charge is 0.305 e. The van der Waals surface area contributed by atoms with Crippen molar-refractivity contribution < 1.29 is 14.7 Å². The third-order valence-corrected chi connectivity index (χ3v) is 6.25. The summed E-state index contributed by atoms with van der Waals surface area (Å²) in [5.41, 5.74) is 1.84. The van der Waals surface area contributed by atoms with Gasteiger partial charge in [0.2, 0.25) is 0 Å². The van der Waals surface area contributed by atoms with E-state index in [1.807, 2.05) is 60.7 Å². The second kappa shape index (κ2) is 9.29. The van der Waals surface area contributed by atoms with E-state index >= 15 is 0 Å². The predicted octanol–water partition coefficient (Wildman–Crippen LogP) is 2.92. The monoisotopic (exact) mass is 463 g/mol. The zero-order valence-electron chi connectivity index (χ0n) is 18.0. The average Bonchev–Trinajstić information content (AvgIpc) is 3.21. The SMILES string of the molecule is Cc1c(N=C2S[C@H](CC(=O)O)C(=O)N2N=Cc2ccccc2)c(=O)n(-c2ccccc2)n1C. The molecule has 1 fully saturated rings. The van der Waals surface area contributed by atoms with Crippen LogP contribution in [0.4, 0.5) is 5.69 Å². The van der Waals surface area contributed by atoms with Crippen molar-refractivity contribution in [2.75, 3.05) is 0 Å². The number of aliphatic carboxylic acids is 1. The average molecular weight is 464 g/mol. The number of carbonyl (C=O) groups excluding carboxylic acids is 1. The van der Waals surface area contributed by atoms with Crippen LogP contribution >= 0.6 is 11.8 Å². The maximum atomic E-state index is 13.2. The normalized spacial score (nSPS) is 17.4. The van der Waals surface area contributed by atoms with Gasteiger partial charge in [0.15, 0.2) is 10.9 Å². The maximum absolute atomic E-state index is 13.2. The van der Waals surface area contributed by atoms with Gasteiger partial charge in [-0.15, -0.1) is 0 Å². The third kappa shape index (κ3) is 4.51. The largest absolute Gasteiger partial charge is 0.481 e. The first-order valence-corrected chi connectivity index (χ1v) is 11.0. The van der Waals surface area contributed by atoms with Crippen LogP contribution in [0.5, 0.6) is 0 Å². The van der Waals surface area contributed by atoms with Crippen LogP contribution in [-0.4, -0.2) is 48.0 Å². The summed E-state index contributed by atoms with van der Waals surface area (Å²) in [4.78, 5) is 41.8. The van der Waals surface area contributed by atoms with Crippen LogP contribution in [0.3, 0.4) is 0 Å². The quantitative estimate of drug-likeness (QED) is 0.566. The summed E-state index contributed by atoms with van der Waals surface area (Å²) in [7, 11) is 1.75. The highest BCUT2D eigenvalue weighted by Crippen LogP contribution is 2.32. The van der Waals surface area contributed by atoms with E-state index in [2.05, 4.69) is 10.1 Å². The van der Waals surface area contributed by atoms with Gasteiger partial charge in [0, 0.05) is 7.05 Å². The number of para-hydroxylation sites is 1. The highest BCUT2D eigenvalue weighted by atomic mass is 32.2. The summed E-state index contributed by atoms with van der Waals surface area (Å²) < 4.78 is 3.17. The van der Waals surface area contributed by atoms with E-state index in [4.69, 9.17) is 0 Å². The fourth-order valence-electron chi connectivity index (χ4n) is 3.37. The molecule has 1 aliphatic rings. The Morgan fingerprint density at radius 1 is 1.09 bits per heavy atom. The Balaban J connectivity index is 1.77. The molecule has 2 heterocycles. The number of aliphatic imine (C=N–C) groups is 1. The van der Waals surface area contributed by atoms with Gasteiger partial charge in [0.25, 0.3) is 11.5 Å². The van der Waals surface area contributed by atoms with Crippen LogP contribution in [0, 0.1) is 6.92 Å². The molecule has 1 aromatic heterocycles. The molecule has 3 aromatic rings. The number of thioether (sulfide) groups is 1. The number of carboxylic acids is 1. The van der Waals surface area contributed by atoms with Gasteiger partial charge in [-0.1, -0.05) is 60.3 Å². The number of carbonyl (C=O) groups is 2. The fourth-order valence-corrected chi connectivity index (χ4v) is 4.43. The minimum Gasteiger partial charge on any atom is -0.481 e. The summed E-state index contributed by atoms with van der Waals surface area (Å²) in [5, 5.41) is 13.8. The third-order valence-electron chi connectivity index (χ3n) is 5.13. The molecule has 1 atom stereocenters. The lowest BCUT2D eigenvalue weighted by atomic mass is 10.2. The number of hydrogen-bond donors (Lipinski definition) is 1. The lowest BCUT2D eigenvalue weighted by Crippen LogP contribution is -2.28. The van der Waals surface area contributed by atoms with Crippen LogP contribution in [0.15, 0.2) is 75.6 Å². The molecule has 2 aromatic carbocycles. The van der Waals surface area contributed by atoms with Crippen LogP contribution in [0.1, 0.15) is 17.7 Å². The summed E-state index contributed by atoms with van der Waals surface area (Å²) in [5.74, 6) is -1.60. The van der Waals surface area contributed by atoms with Crippen molar-refractivity contribution in [3.63, 3.8) is 0 Å². The van der Waals surface area contributed by atoms with E-state index in [-0.39, 0.29) is 22.8 Å². The van der Waals surface area contributed by atoms with Crippen LogP contribution in [0.25, 0.3) is 5.69 Å². The molecule has 0 spiro atoms. The van der Waals surface area contributed by atoms with Crippen molar-refractivity contribution >= 4 is 40.7 Å². The molecule has 1 saturated heterocycles. The van der Waals surface area contributed by atoms with Gasteiger partial charge in [-0.25, -0.2) is 9.67 Å². The molecule has 0 aliphatic carbocycles. The van der Waals surface area contributed by atoms with Gasteiger partial charge in [0.1, 0.15) is 5.25 Å². The molecule has 33 heavy (non-hydrogen) atoms. The molecule has 0 unspecified atom stereocenters. The summed E-state index contributed by atoms with van der Waals surface area (Å²) >= 11 is 0.988. The molecule has 1 N–H and O–H groups in total. The summed E-state index contributed by atoms with van der Waals surface area (Å²) in [6.45, 7) is 1.76. The molecule has 1 aliphatic heterocycles. The number of aromatic nitrogens is 2. The molecule has 4 rings (SSSR count). The van der Waals surface area contributed by atoms with Gasteiger partial charge >= 0.3 is 5.97 Å². The number of carboxylic acid groups (broad SMARTS) is 1. The highest BCUT2D eigenvalue weighted by Gasteiger charge is 2.40. The Hall–Kier alpha value is -3.92. The van der Waals surface area contributed by atoms with Gasteiger partial charge in [-0.3, -0.25) is 19.1 Å². The molecule has 168 valence electrons. The molecular formula is C23H21N5O4S. The van der Waals surface area contributed by atoms with E-state index < -0.39 is 17.1 Å². The lowest BCUT2D eigenvalue weighted by molar-refractivity contribution is -0.139. The number of benzene rings is 2. The first kappa shape index (κ1) is 22.3. The first-order valence-electron chi connectivity index (χ1n) is 10.1. The van der Waals surface area contributed by atoms with Crippen molar-refractivity contribution in [3.05, 3.63) is 82.3 Å². The summed E-state index contributed by atoms with van der Waals surface area (Å²) in [6.07, 6.45) is 1.12. The zero-order chi connectivity index (χ0) is 23.5. The topological polar surface area (TPSA) is 109 Å². The second-order valence-electron chi connectivity index (χ2n) is 7.31. The number of nitrogens with zero attached hydrogens (tertiary/aromatic N) is 5. The van der Waals surface area contributed by atoms with Gasteiger partial charge < -0.3 is 5.11 Å². The molecule has 0 bridgehead atoms. The van der Waals surface area contributed by atoms with Crippen molar-refractivity contribution in [1.82, 2.24) is 14.4 Å². The van der Waals surface area contributed by atoms with Crippen LogP contribution in [0.2, 0.25) is 0 Å². The summed E-state index contributed by atoms with van der Waals surface area (Å²) in [6, 6.07) is 18.3. The number of hydrogen-bond acceptors (Lipinski definition) is 6. The Bertz CT molecular complexity index is 1310. The number of amides is 1. The standard InChI is InChI=1S/C23H21N5O4S/c1-15-20(22(32)28(26(15)2)17-11-7-4-8-12-17)25-23-27(21(31)18(33-23)13-19(29)30)24-14-16-9-5-3-6-10-16/h3-12,14,18H,13H2,1-2H3,(H,29,30)/t18-/m1/s1. The van der Waals surface area contributed by atoms with Crippen LogP contribution in [-0.2, 0) is 16.6 Å². The van der Waals surface area contributed by atoms with E-state index in [9.17, 15) is 19.5 Å². The Kier molecular flexibility index (Phi) is 6.27. The van der Waals surface area contributed by atoms with Gasteiger partial charge in [-0.05, 0) is 24.6 Å². The number of hydrazone groups is 1. The zero-order valence-corrected chi connectivity index (χ0v) is 18.8. The van der Waals surface area contributed by atoms with Crippen molar-refractivity contribution in [3.8, 4) is 5.69 Å². The molecule has 10 heteroatoms. The number of amidine groups is 1. The van der Waals surface area contributed by atoms with Crippen molar-refractivity contribution in [2.45, 2.75) is 18.6 Å². The van der Waals surface area contributed by atoms with E-state index in [0.29, 0.717) is 11.4 Å². The fraction of sp³-hybridized carbons (Fsp3) is 0.174. The lowest BCUT2D eigenvalue weighted by Gasteiger charge is -2.09. The molecule has 1 amide bonds. The number of rotatable bonds is 6. The van der Waals surface area contributed by atoms with Crippen LogP contribution < -0.4 is 5.56 Å². The molecule has 9 nitrogen and oxygen atoms in total. The van der Waals surface area contributed by atoms with E-state index in [1.165, 1.54) is 10.9 Å². The van der Waals surface area contributed by atoms with Crippen molar-refractivity contribution in [1.29, 1.82) is 0 Å². The van der Waals surface area contributed by atoms with Gasteiger partial charge in [0.05, 0.1) is 24.0 Å². The highest BCUT2D eigenvalue weighted by molar-refractivity contribution is 8.15. The predicted molar refractivity (Wildman–Crippen MR) is 127 cm³/mol. The first-order chi connectivity index (χ1) is 15.9. The minimum absolute atomic E-state index is 0.157. The molecular weight excluding hydrogens is 442 g/mol. The molecule has 0 saturated carbocycles. The van der Waals surface area contributed by atoms with Crippen molar-refractivity contribution in [2.24, 2.45) is 17.1 Å².